The van der Waals surface area contributed by atoms with Gasteiger partial charge in [-0.2, -0.15) is 0 Å². The molecule has 0 saturated carbocycles. The van der Waals surface area contributed by atoms with Gasteiger partial charge in [-0.1, -0.05) is 6.07 Å². The molecule has 0 aliphatic rings. The number of hydrogen-bond acceptors (Lipinski definition) is 4. The lowest BCUT2D eigenvalue weighted by atomic mass is 9.95. The largest absolute Gasteiger partial charge is 0.351 e. The molecule has 0 aliphatic carbocycles. The molecular formula is C19H26N2O3S2. The first-order valence-corrected chi connectivity index (χ1v) is 10.9. The summed E-state index contributed by atoms with van der Waals surface area (Å²) in [7, 11) is -3.67. The van der Waals surface area contributed by atoms with E-state index in [0.717, 1.165) is 32.7 Å². The Morgan fingerprint density at radius 1 is 1.00 bits per heavy atom. The second-order valence-corrected chi connectivity index (χ2v) is 9.19. The molecule has 0 radical (unpaired) electrons. The maximum absolute atomic E-state index is 12.8. The number of nitrogens with one attached hydrogen (secondary N) is 2. The van der Waals surface area contributed by atoms with Crippen LogP contribution in [0.3, 0.4) is 0 Å². The molecule has 0 saturated heterocycles. The van der Waals surface area contributed by atoms with Crippen molar-refractivity contribution in [3.63, 3.8) is 0 Å². The van der Waals surface area contributed by atoms with Crippen molar-refractivity contribution in [3.05, 3.63) is 50.2 Å². The fourth-order valence-electron chi connectivity index (χ4n) is 2.93. The van der Waals surface area contributed by atoms with Crippen molar-refractivity contribution in [2.24, 2.45) is 0 Å². The third kappa shape index (κ3) is 4.52. The third-order valence-corrected chi connectivity index (χ3v) is 7.49. The van der Waals surface area contributed by atoms with E-state index in [0.29, 0.717) is 11.4 Å². The molecule has 1 aromatic heterocycles. The predicted octanol–water partition coefficient (Wildman–Crippen LogP) is 3.28. The maximum atomic E-state index is 12.8. The van der Waals surface area contributed by atoms with Gasteiger partial charge in [0.15, 0.2) is 0 Å². The van der Waals surface area contributed by atoms with Gasteiger partial charge in [-0.15, -0.1) is 11.3 Å². The molecule has 7 heteroatoms. The van der Waals surface area contributed by atoms with Crippen molar-refractivity contribution in [1.82, 2.24) is 10.0 Å². The zero-order valence-electron chi connectivity index (χ0n) is 15.9. The number of carbonyl (C=O) groups excluding carboxylic acids is 1. The highest BCUT2D eigenvalue weighted by molar-refractivity contribution is 7.89. The Morgan fingerprint density at radius 2 is 1.58 bits per heavy atom. The van der Waals surface area contributed by atoms with E-state index in [1.807, 2.05) is 52.1 Å². The van der Waals surface area contributed by atoms with E-state index in [9.17, 15) is 13.2 Å². The van der Waals surface area contributed by atoms with Crippen molar-refractivity contribution in [3.8, 4) is 0 Å². The fourth-order valence-corrected chi connectivity index (χ4v) is 5.20. The molecule has 0 atom stereocenters. The summed E-state index contributed by atoms with van der Waals surface area (Å²) in [5, 5.41) is 4.75. The molecule has 2 N–H and O–H groups in total. The lowest BCUT2D eigenvalue weighted by Gasteiger charge is -2.19. The van der Waals surface area contributed by atoms with Gasteiger partial charge in [-0.25, -0.2) is 13.1 Å². The first kappa shape index (κ1) is 20.6. The van der Waals surface area contributed by atoms with Crippen LogP contribution in [0.5, 0.6) is 0 Å². The van der Waals surface area contributed by atoms with Crippen LogP contribution in [0.2, 0.25) is 0 Å². The Labute approximate surface area is 159 Å². The van der Waals surface area contributed by atoms with Gasteiger partial charge in [0, 0.05) is 17.8 Å². The van der Waals surface area contributed by atoms with Crippen LogP contribution < -0.4 is 10.0 Å². The van der Waals surface area contributed by atoms with E-state index in [2.05, 4.69) is 10.0 Å². The molecule has 142 valence electrons. The lowest BCUT2D eigenvalue weighted by Crippen LogP contribution is -2.31. The highest BCUT2D eigenvalue weighted by atomic mass is 32.2. The number of carbonyl (C=O) groups is 1. The number of rotatable bonds is 7. The molecule has 0 bridgehead atoms. The first-order valence-electron chi connectivity index (χ1n) is 8.51. The lowest BCUT2D eigenvalue weighted by molar-refractivity contribution is -0.121. The van der Waals surface area contributed by atoms with Gasteiger partial charge >= 0.3 is 0 Å². The van der Waals surface area contributed by atoms with Crippen LogP contribution in [0.4, 0.5) is 0 Å². The van der Waals surface area contributed by atoms with Gasteiger partial charge in [0.05, 0.1) is 11.4 Å². The molecule has 0 fully saturated rings. The number of amides is 1. The molecule has 1 amide bonds. The van der Waals surface area contributed by atoms with Crippen LogP contribution in [-0.2, 0) is 21.4 Å². The fraction of sp³-hybridized carbons (Fsp3) is 0.421. The van der Waals surface area contributed by atoms with Crippen molar-refractivity contribution in [2.45, 2.75) is 52.5 Å². The smallest absolute Gasteiger partial charge is 0.241 e. The highest BCUT2D eigenvalue weighted by Crippen LogP contribution is 2.29. The summed E-state index contributed by atoms with van der Waals surface area (Å²) in [5.74, 6) is -0.175. The van der Waals surface area contributed by atoms with Crippen LogP contribution >= 0.6 is 11.3 Å². The van der Waals surface area contributed by atoms with Crippen LogP contribution in [0.1, 0.15) is 39.1 Å². The Hall–Kier alpha value is -1.70. The van der Waals surface area contributed by atoms with E-state index >= 15 is 0 Å². The van der Waals surface area contributed by atoms with Crippen LogP contribution in [-0.4, -0.2) is 20.9 Å². The van der Waals surface area contributed by atoms with Gasteiger partial charge in [-0.3, -0.25) is 4.79 Å². The normalized spacial score (nSPS) is 11.6. The number of thiophene rings is 1. The molecule has 0 unspecified atom stereocenters. The van der Waals surface area contributed by atoms with Crippen molar-refractivity contribution >= 4 is 27.3 Å². The molecule has 26 heavy (non-hydrogen) atoms. The average molecular weight is 395 g/mol. The summed E-state index contributed by atoms with van der Waals surface area (Å²) in [6.45, 7) is 10.1. The Balaban J connectivity index is 2.02. The molecule has 0 spiro atoms. The van der Waals surface area contributed by atoms with Crippen molar-refractivity contribution in [2.75, 3.05) is 6.54 Å². The second kappa shape index (κ2) is 8.33. The van der Waals surface area contributed by atoms with E-state index in [1.165, 1.54) is 0 Å². The molecule has 2 rings (SSSR count). The van der Waals surface area contributed by atoms with Crippen molar-refractivity contribution < 1.29 is 13.2 Å². The van der Waals surface area contributed by atoms with E-state index in [4.69, 9.17) is 0 Å². The van der Waals surface area contributed by atoms with Gasteiger partial charge in [0.2, 0.25) is 15.9 Å². The minimum absolute atomic E-state index is 0.0729. The zero-order valence-corrected chi connectivity index (χ0v) is 17.5. The summed E-state index contributed by atoms with van der Waals surface area (Å²) >= 11 is 1.57. The van der Waals surface area contributed by atoms with Gasteiger partial charge in [0.25, 0.3) is 0 Å². The minimum atomic E-state index is -3.67. The Kier molecular flexibility index (Phi) is 6.60. The van der Waals surface area contributed by atoms with E-state index in [-0.39, 0.29) is 18.9 Å². The molecule has 2 aromatic rings. The molecular weight excluding hydrogens is 368 g/mol. The number of sulfonamides is 1. The van der Waals surface area contributed by atoms with Gasteiger partial charge in [0.1, 0.15) is 0 Å². The van der Waals surface area contributed by atoms with Crippen molar-refractivity contribution in [1.29, 1.82) is 0 Å². The quantitative estimate of drug-likeness (QED) is 0.757. The predicted molar refractivity (Wildman–Crippen MR) is 106 cm³/mol. The molecule has 1 heterocycles. The van der Waals surface area contributed by atoms with E-state index in [1.54, 1.807) is 11.3 Å². The third-order valence-electron chi connectivity index (χ3n) is 4.88. The summed E-state index contributed by atoms with van der Waals surface area (Å²) in [5.41, 5.74) is 4.62. The monoisotopic (exact) mass is 394 g/mol. The summed E-state index contributed by atoms with van der Waals surface area (Å²) < 4.78 is 28.1. The summed E-state index contributed by atoms with van der Waals surface area (Å²) in [4.78, 5) is 13.3. The second-order valence-electron chi connectivity index (χ2n) is 6.46. The first-order chi connectivity index (χ1) is 12.1. The van der Waals surface area contributed by atoms with Crippen LogP contribution in [0, 0.1) is 34.6 Å². The zero-order chi connectivity index (χ0) is 19.5. The van der Waals surface area contributed by atoms with Crippen LogP contribution in [0.25, 0.3) is 0 Å². The SMILES string of the molecule is Cc1c(C)c(C)c(S(=O)(=O)NCCC(=O)NCc2cccs2)c(C)c1C. The minimum Gasteiger partial charge on any atom is -0.351 e. The Morgan fingerprint density at radius 3 is 2.12 bits per heavy atom. The highest BCUT2D eigenvalue weighted by Gasteiger charge is 2.23. The summed E-state index contributed by atoms with van der Waals surface area (Å²) in [6, 6.07) is 3.87. The number of hydrogen-bond donors (Lipinski definition) is 2. The maximum Gasteiger partial charge on any atom is 0.241 e. The summed E-state index contributed by atoms with van der Waals surface area (Å²) in [6.07, 6.45) is 0.104. The Bertz CT molecular complexity index is 872. The van der Waals surface area contributed by atoms with Crippen LogP contribution in [0.15, 0.2) is 22.4 Å². The number of benzene rings is 1. The average Bonchev–Trinajstić information content (AvgIpc) is 3.09. The molecule has 1 aromatic carbocycles. The molecule has 5 nitrogen and oxygen atoms in total. The van der Waals surface area contributed by atoms with Gasteiger partial charge in [-0.05, 0) is 73.9 Å². The standard InChI is InChI=1S/C19H26N2O3S2/c1-12-13(2)15(4)19(16(5)14(12)3)26(23,24)21-9-8-18(22)20-11-17-7-6-10-25-17/h6-7,10,21H,8-9,11H2,1-5H3,(H,20,22). The van der Waals surface area contributed by atoms with E-state index < -0.39 is 10.0 Å². The molecule has 0 aliphatic heterocycles. The topological polar surface area (TPSA) is 75.3 Å². The van der Waals surface area contributed by atoms with Gasteiger partial charge < -0.3 is 5.32 Å².